The maximum Gasteiger partial charge on any atom is 0.173 e. The second-order valence-electron chi connectivity index (χ2n) is 3.67. The van der Waals surface area contributed by atoms with Crippen molar-refractivity contribution in [3.05, 3.63) is 64.9 Å². The molecule has 2 rings (SSSR count). The zero-order chi connectivity index (χ0) is 10.7. The van der Waals surface area contributed by atoms with E-state index in [0.29, 0.717) is 0 Å². The lowest BCUT2D eigenvalue weighted by atomic mass is 10.2. The largest absolute Gasteiger partial charge is 0.201 e. The van der Waals surface area contributed by atoms with Crippen molar-refractivity contribution in [2.75, 3.05) is 0 Å². The van der Waals surface area contributed by atoms with E-state index in [9.17, 15) is 0 Å². The molecule has 76 valence electrons. The van der Waals surface area contributed by atoms with Gasteiger partial charge in [-0.05, 0) is 24.6 Å². The normalized spacial score (nSPS) is 10.3. The molecule has 1 aromatic carbocycles. The molecule has 15 heavy (non-hydrogen) atoms. The van der Waals surface area contributed by atoms with E-state index >= 15 is 0 Å². The van der Waals surface area contributed by atoms with E-state index in [0.717, 1.165) is 11.6 Å². The molecule has 0 unspecified atom stereocenters. The molecular formula is C13H13ClN+. The molecule has 0 aliphatic carbocycles. The van der Waals surface area contributed by atoms with Gasteiger partial charge in [-0.15, -0.1) is 0 Å². The summed E-state index contributed by atoms with van der Waals surface area (Å²) in [5, 5.41) is 0.785. The summed E-state index contributed by atoms with van der Waals surface area (Å²) in [5.41, 5.74) is 2.54. The van der Waals surface area contributed by atoms with Crippen molar-refractivity contribution in [3.8, 4) is 0 Å². The highest BCUT2D eigenvalue weighted by atomic mass is 35.5. The van der Waals surface area contributed by atoms with Crippen LogP contribution in [-0.2, 0) is 6.54 Å². The molecule has 0 spiro atoms. The average molecular weight is 219 g/mol. The summed E-state index contributed by atoms with van der Waals surface area (Å²) >= 11 is 5.83. The van der Waals surface area contributed by atoms with Gasteiger partial charge in [-0.3, -0.25) is 0 Å². The number of hydrogen-bond acceptors (Lipinski definition) is 0. The molecular weight excluding hydrogens is 206 g/mol. The maximum absolute atomic E-state index is 5.83. The number of rotatable bonds is 2. The smallest absolute Gasteiger partial charge is 0.173 e. The topological polar surface area (TPSA) is 3.88 Å². The average Bonchev–Trinajstić information content (AvgIpc) is 2.25. The summed E-state index contributed by atoms with van der Waals surface area (Å²) in [6, 6.07) is 12.2. The van der Waals surface area contributed by atoms with Crippen molar-refractivity contribution >= 4 is 11.6 Å². The Morgan fingerprint density at radius 1 is 1.00 bits per heavy atom. The number of hydrogen-bond donors (Lipinski definition) is 0. The van der Waals surface area contributed by atoms with E-state index in [1.54, 1.807) is 0 Å². The first-order valence-corrected chi connectivity index (χ1v) is 5.32. The molecule has 0 amide bonds. The van der Waals surface area contributed by atoms with E-state index in [1.807, 2.05) is 12.1 Å². The molecule has 0 N–H and O–H groups in total. The third-order valence-corrected chi connectivity index (χ3v) is 2.59. The molecule has 0 saturated carbocycles. The van der Waals surface area contributed by atoms with Crippen LogP contribution in [0.25, 0.3) is 0 Å². The Bertz CT molecular complexity index is 388. The van der Waals surface area contributed by atoms with Gasteiger partial charge in [0.2, 0.25) is 0 Å². The highest BCUT2D eigenvalue weighted by Gasteiger charge is 2.01. The molecule has 0 aliphatic rings. The third kappa shape index (κ3) is 2.80. The van der Waals surface area contributed by atoms with E-state index in [-0.39, 0.29) is 0 Å². The fourth-order valence-electron chi connectivity index (χ4n) is 1.44. The molecule has 0 fully saturated rings. The summed E-state index contributed by atoms with van der Waals surface area (Å²) in [5.74, 6) is 0. The predicted molar refractivity (Wildman–Crippen MR) is 61.9 cm³/mol. The van der Waals surface area contributed by atoms with Crippen LogP contribution in [0.2, 0.25) is 5.02 Å². The van der Waals surface area contributed by atoms with Crippen molar-refractivity contribution < 1.29 is 4.57 Å². The summed E-state index contributed by atoms with van der Waals surface area (Å²) < 4.78 is 2.15. The summed E-state index contributed by atoms with van der Waals surface area (Å²) in [7, 11) is 0. The van der Waals surface area contributed by atoms with Gasteiger partial charge in [-0.2, -0.15) is 0 Å². The number of aromatic nitrogens is 1. The predicted octanol–water partition coefficient (Wildman–Crippen LogP) is 2.98. The van der Waals surface area contributed by atoms with Crippen LogP contribution in [0.4, 0.5) is 0 Å². The molecule has 0 saturated heterocycles. The first kappa shape index (κ1) is 10.2. The van der Waals surface area contributed by atoms with Crippen molar-refractivity contribution in [3.63, 3.8) is 0 Å². The molecule has 0 radical (unpaired) electrons. The van der Waals surface area contributed by atoms with Crippen LogP contribution in [0.15, 0.2) is 48.8 Å². The zero-order valence-corrected chi connectivity index (χ0v) is 9.41. The van der Waals surface area contributed by atoms with E-state index in [4.69, 9.17) is 11.6 Å². The van der Waals surface area contributed by atoms with Gasteiger partial charge in [0.05, 0.1) is 0 Å². The van der Waals surface area contributed by atoms with Gasteiger partial charge in [0, 0.05) is 22.7 Å². The minimum Gasteiger partial charge on any atom is -0.201 e. The first-order chi connectivity index (χ1) is 7.24. The number of aryl methyl sites for hydroxylation is 1. The lowest BCUT2D eigenvalue weighted by Gasteiger charge is -1.98. The fraction of sp³-hybridized carbons (Fsp3) is 0.154. The Morgan fingerprint density at radius 2 is 1.60 bits per heavy atom. The van der Waals surface area contributed by atoms with Crippen LogP contribution in [-0.4, -0.2) is 0 Å². The number of benzene rings is 1. The van der Waals surface area contributed by atoms with Gasteiger partial charge in [-0.25, -0.2) is 4.57 Å². The van der Waals surface area contributed by atoms with Crippen LogP contribution < -0.4 is 4.57 Å². The third-order valence-electron chi connectivity index (χ3n) is 2.34. The monoisotopic (exact) mass is 218 g/mol. The number of nitrogens with zero attached hydrogens (tertiary/aromatic N) is 1. The molecule has 2 aromatic rings. The lowest BCUT2D eigenvalue weighted by molar-refractivity contribution is -0.688. The van der Waals surface area contributed by atoms with Gasteiger partial charge in [0.1, 0.15) is 0 Å². The van der Waals surface area contributed by atoms with Crippen molar-refractivity contribution in [1.29, 1.82) is 0 Å². The van der Waals surface area contributed by atoms with Crippen LogP contribution in [0.3, 0.4) is 0 Å². The van der Waals surface area contributed by atoms with Gasteiger partial charge in [0.25, 0.3) is 0 Å². The SMILES string of the molecule is Cc1cc[n+](Cc2ccc(Cl)cc2)cc1. The van der Waals surface area contributed by atoms with Crippen molar-refractivity contribution in [1.82, 2.24) is 0 Å². The van der Waals surface area contributed by atoms with E-state index in [2.05, 4.69) is 48.1 Å². The Balaban J connectivity index is 2.15. The van der Waals surface area contributed by atoms with E-state index in [1.165, 1.54) is 11.1 Å². The van der Waals surface area contributed by atoms with E-state index < -0.39 is 0 Å². The van der Waals surface area contributed by atoms with Crippen molar-refractivity contribution in [2.45, 2.75) is 13.5 Å². The lowest BCUT2D eigenvalue weighted by Crippen LogP contribution is -2.32. The first-order valence-electron chi connectivity index (χ1n) is 4.94. The van der Waals surface area contributed by atoms with Crippen LogP contribution in [0, 0.1) is 6.92 Å². The highest BCUT2D eigenvalue weighted by molar-refractivity contribution is 6.30. The standard InChI is InChI=1S/C13H13ClN/c1-11-6-8-15(9-7-11)10-12-2-4-13(14)5-3-12/h2-9H,10H2,1H3/q+1. The molecule has 0 aliphatic heterocycles. The second kappa shape index (κ2) is 4.45. The Kier molecular flexibility index (Phi) is 3.02. The van der Waals surface area contributed by atoms with Gasteiger partial charge in [0.15, 0.2) is 18.9 Å². The Hall–Kier alpha value is -1.34. The Morgan fingerprint density at radius 3 is 2.20 bits per heavy atom. The minimum atomic E-state index is 0.785. The summed E-state index contributed by atoms with van der Waals surface area (Å²) in [6.45, 7) is 2.98. The van der Waals surface area contributed by atoms with Gasteiger partial charge < -0.3 is 0 Å². The van der Waals surface area contributed by atoms with Crippen LogP contribution >= 0.6 is 11.6 Å². The zero-order valence-electron chi connectivity index (χ0n) is 8.65. The second-order valence-corrected chi connectivity index (χ2v) is 4.11. The molecule has 1 aromatic heterocycles. The fourth-order valence-corrected chi connectivity index (χ4v) is 1.56. The molecule has 0 bridgehead atoms. The van der Waals surface area contributed by atoms with Gasteiger partial charge in [-0.1, -0.05) is 23.7 Å². The molecule has 1 heterocycles. The molecule has 1 nitrogen and oxygen atoms in total. The summed E-state index contributed by atoms with van der Waals surface area (Å²) in [4.78, 5) is 0. The highest BCUT2D eigenvalue weighted by Crippen LogP contribution is 2.08. The molecule has 2 heteroatoms. The number of halogens is 1. The minimum absolute atomic E-state index is 0.785. The van der Waals surface area contributed by atoms with Crippen LogP contribution in [0.5, 0.6) is 0 Å². The maximum atomic E-state index is 5.83. The van der Waals surface area contributed by atoms with Crippen molar-refractivity contribution in [2.24, 2.45) is 0 Å². The van der Waals surface area contributed by atoms with Gasteiger partial charge >= 0.3 is 0 Å². The quantitative estimate of drug-likeness (QED) is 0.683. The van der Waals surface area contributed by atoms with Crippen LogP contribution in [0.1, 0.15) is 11.1 Å². The summed E-state index contributed by atoms with van der Waals surface area (Å²) in [6.07, 6.45) is 4.17. The molecule has 0 atom stereocenters. The Labute approximate surface area is 95.0 Å². The number of pyridine rings is 1.